The Balaban J connectivity index is 1.67. The summed E-state index contributed by atoms with van der Waals surface area (Å²) in [4.78, 5) is 25.9. The van der Waals surface area contributed by atoms with E-state index in [4.69, 9.17) is 9.52 Å². The Hall–Kier alpha value is -2.77. The quantitative estimate of drug-likeness (QED) is 0.735. The minimum Gasteiger partial charge on any atom is -0.476 e. The molecule has 8 heteroatoms. The number of rotatable bonds is 6. The molecule has 0 radical (unpaired) electrons. The van der Waals surface area contributed by atoms with Gasteiger partial charge in [0.1, 0.15) is 11.5 Å². The number of urea groups is 1. The normalized spacial score (nSPS) is 10.3. The first-order chi connectivity index (χ1) is 10.0. The van der Waals surface area contributed by atoms with Crippen LogP contribution in [0.3, 0.4) is 0 Å². The third kappa shape index (κ3) is 4.37. The van der Waals surface area contributed by atoms with E-state index >= 15 is 0 Å². The predicted octanol–water partition coefficient (Wildman–Crippen LogP) is 0.982. The van der Waals surface area contributed by atoms with Gasteiger partial charge in [-0.05, 0) is 19.1 Å². The van der Waals surface area contributed by atoms with Gasteiger partial charge in [0.2, 0.25) is 0 Å². The van der Waals surface area contributed by atoms with Gasteiger partial charge in [-0.15, -0.1) is 0 Å². The summed E-state index contributed by atoms with van der Waals surface area (Å²) in [5.41, 5.74) is -0.0207. The average molecular weight is 292 g/mol. The molecular formula is C13H16N4O4. The second-order valence-electron chi connectivity index (χ2n) is 4.42. The fourth-order valence-electron chi connectivity index (χ4n) is 1.70. The molecule has 0 aliphatic carbocycles. The molecule has 0 bridgehead atoms. The van der Waals surface area contributed by atoms with E-state index in [1.165, 1.54) is 12.5 Å². The van der Waals surface area contributed by atoms with Gasteiger partial charge < -0.3 is 24.7 Å². The fraction of sp³-hybridized carbons (Fsp3) is 0.308. The van der Waals surface area contributed by atoms with Crippen molar-refractivity contribution in [1.29, 1.82) is 0 Å². The van der Waals surface area contributed by atoms with E-state index in [2.05, 4.69) is 15.6 Å². The van der Waals surface area contributed by atoms with Gasteiger partial charge in [-0.1, -0.05) is 0 Å². The van der Waals surface area contributed by atoms with Gasteiger partial charge in [0.25, 0.3) is 0 Å². The maximum Gasteiger partial charge on any atom is 0.356 e. The zero-order valence-corrected chi connectivity index (χ0v) is 11.5. The van der Waals surface area contributed by atoms with Gasteiger partial charge in [-0.2, -0.15) is 0 Å². The summed E-state index contributed by atoms with van der Waals surface area (Å²) < 4.78 is 6.92. The molecule has 2 rings (SSSR count). The van der Waals surface area contributed by atoms with Gasteiger partial charge >= 0.3 is 12.0 Å². The van der Waals surface area contributed by atoms with E-state index in [0.717, 1.165) is 5.76 Å². The SMILES string of the molecule is Cc1ccc(CNC(=O)NCCn2cnc(C(=O)O)c2)o1. The highest BCUT2D eigenvalue weighted by atomic mass is 16.4. The molecule has 0 aliphatic rings. The molecule has 21 heavy (non-hydrogen) atoms. The second kappa shape index (κ2) is 6.60. The highest BCUT2D eigenvalue weighted by molar-refractivity contribution is 5.84. The van der Waals surface area contributed by atoms with E-state index < -0.39 is 5.97 Å². The average Bonchev–Trinajstić information content (AvgIpc) is 3.05. The molecule has 0 atom stereocenters. The summed E-state index contributed by atoms with van der Waals surface area (Å²) in [6, 6.07) is 3.31. The number of imidazole rings is 1. The van der Waals surface area contributed by atoms with Gasteiger partial charge in [0, 0.05) is 19.3 Å². The first-order valence-corrected chi connectivity index (χ1v) is 6.36. The molecule has 0 spiro atoms. The number of aryl methyl sites for hydroxylation is 1. The lowest BCUT2D eigenvalue weighted by Crippen LogP contribution is -2.36. The minimum absolute atomic E-state index is 0.0207. The number of hydrogen-bond donors (Lipinski definition) is 3. The third-order valence-electron chi connectivity index (χ3n) is 2.73. The number of carbonyl (C=O) groups is 2. The number of carbonyl (C=O) groups excluding carboxylic acids is 1. The number of carboxylic acids is 1. The van der Waals surface area contributed by atoms with Gasteiger partial charge in [0.15, 0.2) is 5.69 Å². The maximum absolute atomic E-state index is 11.5. The molecule has 2 aromatic rings. The minimum atomic E-state index is -1.08. The van der Waals surface area contributed by atoms with E-state index in [-0.39, 0.29) is 11.7 Å². The molecule has 112 valence electrons. The third-order valence-corrected chi connectivity index (χ3v) is 2.73. The first-order valence-electron chi connectivity index (χ1n) is 6.36. The Bertz CT molecular complexity index is 632. The van der Waals surface area contributed by atoms with Crippen LogP contribution in [0.15, 0.2) is 29.1 Å². The maximum atomic E-state index is 11.5. The van der Waals surface area contributed by atoms with Crippen LogP contribution < -0.4 is 10.6 Å². The summed E-state index contributed by atoms with van der Waals surface area (Å²) in [6.07, 6.45) is 2.82. The molecular weight excluding hydrogens is 276 g/mol. The smallest absolute Gasteiger partial charge is 0.356 e. The predicted molar refractivity (Wildman–Crippen MR) is 72.9 cm³/mol. The standard InChI is InChI=1S/C13H16N4O4/c1-9-2-3-10(21-9)6-15-13(20)14-4-5-17-7-11(12(18)19)16-8-17/h2-3,7-8H,4-6H2,1H3,(H,18,19)(H2,14,15,20). The van der Waals surface area contributed by atoms with Crippen LogP contribution in [0.1, 0.15) is 22.0 Å². The van der Waals surface area contributed by atoms with Crippen molar-refractivity contribution in [3.8, 4) is 0 Å². The Morgan fingerprint density at radius 3 is 2.81 bits per heavy atom. The number of aromatic carboxylic acids is 1. The summed E-state index contributed by atoms with van der Waals surface area (Å²) in [7, 11) is 0. The molecule has 2 aromatic heterocycles. The molecule has 0 unspecified atom stereocenters. The zero-order valence-electron chi connectivity index (χ0n) is 11.5. The van der Waals surface area contributed by atoms with E-state index in [9.17, 15) is 9.59 Å². The molecule has 3 N–H and O–H groups in total. The largest absolute Gasteiger partial charge is 0.476 e. The van der Waals surface area contributed by atoms with E-state index in [1.807, 2.05) is 13.0 Å². The van der Waals surface area contributed by atoms with Crippen LogP contribution in [-0.2, 0) is 13.1 Å². The van der Waals surface area contributed by atoms with Crippen LogP contribution in [0.2, 0.25) is 0 Å². The summed E-state index contributed by atoms with van der Waals surface area (Å²) >= 11 is 0. The van der Waals surface area contributed by atoms with Crippen molar-refractivity contribution < 1.29 is 19.1 Å². The second-order valence-corrected chi connectivity index (χ2v) is 4.42. The Labute approximate surface area is 120 Å². The lowest BCUT2D eigenvalue weighted by Gasteiger charge is -2.06. The van der Waals surface area contributed by atoms with Crippen molar-refractivity contribution >= 4 is 12.0 Å². The highest BCUT2D eigenvalue weighted by Crippen LogP contribution is 2.05. The number of amides is 2. The van der Waals surface area contributed by atoms with Crippen LogP contribution in [0.4, 0.5) is 4.79 Å². The van der Waals surface area contributed by atoms with E-state index in [0.29, 0.717) is 25.4 Å². The van der Waals surface area contributed by atoms with Gasteiger partial charge in [-0.3, -0.25) is 0 Å². The fourth-order valence-corrected chi connectivity index (χ4v) is 1.70. The van der Waals surface area contributed by atoms with Crippen molar-refractivity contribution in [2.24, 2.45) is 0 Å². The Kier molecular flexibility index (Phi) is 4.60. The number of nitrogens with zero attached hydrogens (tertiary/aromatic N) is 2. The Morgan fingerprint density at radius 2 is 2.19 bits per heavy atom. The lowest BCUT2D eigenvalue weighted by atomic mass is 10.4. The summed E-state index contributed by atoms with van der Waals surface area (Å²) in [5.74, 6) is 0.401. The highest BCUT2D eigenvalue weighted by Gasteiger charge is 2.06. The molecule has 2 heterocycles. The Morgan fingerprint density at radius 1 is 1.38 bits per heavy atom. The first kappa shape index (κ1) is 14.6. The topological polar surface area (TPSA) is 109 Å². The van der Waals surface area contributed by atoms with Crippen LogP contribution >= 0.6 is 0 Å². The van der Waals surface area contributed by atoms with Crippen molar-refractivity contribution in [3.63, 3.8) is 0 Å². The zero-order chi connectivity index (χ0) is 15.2. The van der Waals surface area contributed by atoms with Crippen LogP contribution in [-0.4, -0.2) is 33.2 Å². The van der Waals surface area contributed by atoms with E-state index in [1.54, 1.807) is 10.6 Å². The number of aromatic nitrogens is 2. The number of hydrogen-bond acceptors (Lipinski definition) is 4. The summed E-state index contributed by atoms with van der Waals surface area (Å²) in [5, 5.41) is 14.0. The molecule has 2 amide bonds. The van der Waals surface area contributed by atoms with Crippen LogP contribution in [0, 0.1) is 6.92 Å². The number of nitrogens with one attached hydrogen (secondary N) is 2. The molecule has 8 nitrogen and oxygen atoms in total. The van der Waals surface area contributed by atoms with Crippen molar-refractivity contribution in [1.82, 2.24) is 20.2 Å². The number of furan rings is 1. The lowest BCUT2D eigenvalue weighted by molar-refractivity contribution is 0.0691. The molecule has 0 fully saturated rings. The van der Waals surface area contributed by atoms with Crippen molar-refractivity contribution in [3.05, 3.63) is 41.9 Å². The molecule has 0 saturated carbocycles. The van der Waals surface area contributed by atoms with Crippen molar-refractivity contribution in [2.75, 3.05) is 6.54 Å². The molecule has 0 saturated heterocycles. The van der Waals surface area contributed by atoms with Gasteiger partial charge in [0.05, 0.1) is 12.9 Å². The van der Waals surface area contributed by atoms with Crippen LogP contribution in [0.5, 0.6) is 0 Å². The molecule has 0 aliphatic heterocycles. The van der Waals surface area contributed by atoms with Crippen molar-refractivity contribution in [2.45, 2.75) is 20.0 Å². The van der Waals surface area contributed by atoms with Crippen LogP contribution in [0.25, 0.3) is 0 Å². The monoisotopic (exact) mass is 292 g/mol. The summed E-state index contributed by atoms with van der Waals surface area (Å²) in [6.45, 7) is 2.94. The van der Waals surface area contributed by atoms with Gasteiger partial charge in [-0.25, -0.2) is 14.6 Å². The molecule has 0 aromatic carbocycles. The number of carboxylic acid groups (broad SMARTS) is 1.